The van der Waals surface area contributed by atoms with Gasteiger partial charge in [0.15, 0.2) is 0 Å². The quantitative estimate of drug-likeness (QED) is 0.810. The Bertz CT molecular complexity index is 570. The number of methoxy groups -OCH3 is 1. The molecule has 0 aliphatic carbocycles. The molecule has 2 rings (SSSR count). The first kappa shape index (κ1) is 14.0. The van der Waals surface area contributed by atoms with Gasteiger partial charge in [0.25, 0.3) is 0 Å². The number of amides is 1. The predicted octanol–water partition coefficient (Wildman–Crippen LogP) is 0.901. The van der Waals surface area contributed by atoms with Gasteiger partial charge in [-0.1, -0.05) is 18.2 Å². The number of carbonyl (C=O) groups excluding carboxylic acids is 1. The van der Waals surface area contributed by atoms with E-state index in [4.69, 9.17) is 4.74 Å². The molecular weight excluding hydrogens is 258 g/mol. The first-order valence-electron chi connectivity index (χ1n) is 6.23. The van der Waals surface area contributed by atoms with E-state index in [9.17, 15) is 4.79 Å². The average Bonchev–Trinajstić information content (AvgIpc) is 2.98. The highest BCUT2D eigenvalue weighted by molar-refractivity contribution is 5.76. The number of carbonyl (C=O) groups is 1. The Hall–Kier alpha value is -2.44. The van der Waals surface area contributed by atoms with Gasteiger partial charge >= 0.3 is 0 Å². The van der Waals surface area contributed by atoms with E-state index in [-0.39, 0.29) is 18.5 Å². The molecule has 2 aromatic rings. The van der Waals surface area contributed by atoms with Crippen molar-refractivity contribution in [2.24, 2.45) is 0 Å². The van der Waals surface area contributed by atoms with E-state index in [0.29, 0.717) is 0 Å². The number of tetrazole rings is 1. The van der Waals surface area contributed by atoms with E-state index in [1.807, 2.05) is 31.2 Å². The lowest BCUT2D eigenvalue weighted by molar-refractivity contribution is -0.132. The molecule has 20 heavy (non-hydrogen) atoms. The Balaban J connectivity index is 2.11. The van der Waals surface area contributed by atoms with Gasteiger partial charge in [-0.2, -0.15) is 0 Å². The average molecular weight is 275 g/mol. The highest BCUT2D eigenvalue weighted by Gasteiger charge is 2.20. The summed E-state index contributed by atoms with van der Waals surface area (Å²) in [6, 6.07) is 7.55. The molecule has 0 fully saturated rings. The summed E-state index contributed by atoms with van der Waals surface area (Å²) in [5.74, 6) is 0.692. The van der Waals surface area contributed by atoms with Gasteiger partial charge in [-0.25, -0.2) is 4.68 Å². The summed E-state index contributed by atoms with van der Waals surface area (Å²) in [6.45, 7) is 2.07. The number of likely N-dealkylation sites (N-methyl/N-ethyl adjacent to an activating group) is 1. The third-order valence-electron chi connectivity index (χ3n) is 3.25. The monoisotopic (exact) mass is 275 g/mol. The van der Waals surface area contributed by atoms with Crippen LogP contribution in [0.4, 0.5) is 0 Å². The van der Waals surface area contributed by atoms with Crippen molar-refractivity contribution in [3.8, 4) is 5.75 Å². The van der Waals surface area contributed by atoms with E-state index in [1.54, 1.807) is 19.1 Å². The summed E-state index contributed by atoms with van der Waals surface area (Å²) in [6.07, 6.45) is 1.42. The van der Waals surface area contributed by atoms with Crippen molar-refractivity contribution in [1.29, 1.82) is 0 Å². The summed E-state index contributed by atoms with van der Waals surface area (Å²) in [5.41, 5.74) is 0.961. The van der Waals surface area contributed by atoms with E-state index in [0.717, 1.165) is 11.3 Å². The molecule has 0 radical (unpaired) electrons. The van der Waals surface area contributed by atoms with Gasteiger partial charge in [0.05, 0.1) is 13.2 Å². The van der Waals surface area contributed by atoms with Crippen molar-refractivity contribution >= 4 is 5.91 Å². The smallest absolute Gasteiger partial charge is 0.244 e. The zero-order chi connectivity index (χ0) is 14.5. The van der Waals surface area contributed by atoms with Crippen LogP contribution in [0.3, 0.4) is 0 Å². The molecule has 7 heteroatoms. The maximum absolute atomic E-state index is 12.2. The van der Waals surface area contributed by atoms with Crippen LogP contribution in [0.15, 0.2) is 30.6 Å². The van der Waals surface area contributed by atoms with Gasteiger partial charge in [-0.15, -0.1) is 5.10 Å². The SMILES string of the molecule is COc1ccccc1C(C)N(C)C(=O)Cn1cnnn1. The number of benzene rings is 1. The number of para-hydroxylation sites is 1. The second-order valence-corrected chi connectivity index (χ2v) is 4.43. The minimum Gasteiger partial charge on any atom is -0.496 e. The van der Waals surface area contributed by atoms with Crippen molar-refractivity contribution in [2.45, 2.75) is 19.5 Å². The largest absolute Gasteiger partial charge is 0.496 e. The second kappa shape index (κ2) is 6.14. The molecule has 0 saturated carbocycles. The van der Waals surface area contributed by atoms with Crippen LogP contribution >= 0.6 is 0 Å². The van der Waals surface area contributed by atoms with Crippen molar-refractivity contribution in [3.63, 3.8) is 0 Å². The molecule has 1 aromatic carbocycles. The molecule has 0 aliphatic heterocycles. The fourth-order valence-corrected chi connectivity index (χ4v) is 1.94. The summed E-state index contributed by atoms with van der Waals surface area (Å²) >= 11 is 0. The fourth-order valence-electron chi connectivity index (χ4n) is 1.94. The van der Waals surface area contributed by atoms with Gasteiger partial charge in [0.2, 0.25) is 5.91 Å². The van der Waals surface area contributed by atoms with Crippen LogP contribution in [-0.2, 0) is 11.3 Å². The number of rotatable bonds is 5. The van der Waals surface area contributed by atoms with Crippen molar-refractivity contribution < 1.29 is 9.53 Å². The van der Waals surface area contributed by atoms with Crippen LogP contribution in [0.25, 0.3) is 0 Å². The number of ether oxygens (including phenoxy) is 1. The zero-order valence-corrected chi connectivity index (χ0v) is 11.7. The van der Waals surface area contributed by atoms with Crippen LogP contribution in [0.1, 0.15) is 18.5 Å². The molecule has 106 valence electrons. The standard InChI is InChI=1S/C13H17N5O2/c1-10(11-6-4-5-7-12(11)20-3)17(2)13(19)8-18-9-14-15-16-18/h4-7,9-10H,8H2,1-3H3. The molecule has 0 saturated heterocycles. The Morgan fingerprint density at radius 3 is 2.85 bits per heavy atom. The predicted molar refractivity (Wildman–Crippen MR) is 72.0 cm³/mol. The second-order valence-electron chi connectivity index (χ2n) is 4.43. The van der Waals surface area contributed by atoms with E-state index in [2.05, 4.69) is 15.5 Å². The highest BCUT2D eigenvalue weighted by Crippen LogP contribution is 2.28. The van der Waals surface area contributed by atoms with E-state index in [1.165, 1.54) is 11.0 Å². The van der Waals surface area contributed by atoms with Gasteiger partial charge in [0, 0.05) is 12.6 Å². The van der Waals surface area contributed by atoms with E-state index < -0.39 is 0 Å². The fraction of sp³-hybridized carbons (Fsp3) is 0.385. The van der Waals surface area contributed by atoms with Gasteiger partial charge in [0.1, 0.15) is 18.6 Å². The van der Waals surface area contributed by atoms with Gasteiger partial charge in [-0.05, 0) is 23.4 Å². The lowest BCUT2D eigenvalue weighted by atomic mass is 10.1. The van der Waals surface area contributed by atoms with Crippen LogP contribution in [0.2, 0.25) is 0 Å². The first-order valence-corrected chi connectivity index (χ1v) is 6.23. The summed E-state index contributed by atoms with van der Waals surface area (Å²) in [5, 5.41) is 10.7. The molecule has 0 spiro atoms. The Morgan fingerprint density at radius 1 is 1.45 bits per heavy atom. The molecule has 1 atom stereocenters. The van der Waals surface area contributed by atoms with Crippen LogP contribution in [0, 0.1) is 0 Å². The van der Waals surface area contributed by atoms with E-state index >= 15 is 0 Å². The number of hydrogen-bond donors (Lipinski definition) is 0. The first-order chi connectivity index (χ1) is 9.63. The Kier molecular flexibility index (Phi) is 4.29. The minimum absolute atomic E-state index is 0.0734. The molecule has 7 nitrogen and oxygen atoms in total. The lowest BCUT2D eigenvalue weighted by Gasteiger charge is -2.26. The Morgan fingerprint density at radius 2 is 2.20 bits per heavy atom. The molecule has 0 N–H and O–H groups in total. The van der Waals surface area contributed by atoms with Crippen LogP contribution in [0.5, 0.6) is 5.75 Å². The van der Waals surface area contributed by atoms with Gasteiger partial charge < -0.3 is 9.64 Å². The molecular formula is C13H17N5O2. The van der Waals surface area contributed by atoms with Crippen LogP contribution < -0.4 is 4.74 Å². The lowest BCUT2D eigenvalue weighted by Crippen LogP contribution is -2.33. The summed E-state index contributed by atoms with van der Waals surface area (Å²) < 4.78 is 6.72. The number of nitrogens with zero attached hydrogens (tertiary/aromatic N) is 5. The molecule has 1 unspecified atom stereocenters. The van der Waals surface area contributed by atoms with Crippen molar-refractivity contribution in [1.82, 2.24) is 25.1 Å². The van der Waals surface area contributed by atoms with Crippen LogP contribution in [-0.4, -0.2) is 45.2 Å². The third-order valence-corrected chi connectivity index (χ3v) is 3.25. The normalized spacial score (nSPS) is 11.9. The molecule has 1 heterocycles. The zero-order valence-electron chi connectivity index (χ0n) is 11.7. The summed E-state index contributed by atoms with van der Waals surface area (Å²) in [4.78, 5) is 13.8. The maximum Gasteiger partial charge on any atom is 0.244 e. The van der Waals surface area contributed by atoms with Crippen molar-refractivity contribution in [2.75, 3.05) is 14.2 Å². The van der Waals surface area contributed by atoms with Gasteiger partial charge in [-0.3, -0.25) is 4.79 Å². The highest BCUT2D eigenvalue weighted by atomic mass is 16.5. The molecule has 1 aromatic heterocycles. The Labute approximate surface area is 117 Å². The topological polar surface area (TPSA) is 73.1 Å². The summed E-state index contributed by atoms with van der Waals surface area (Å²) in [7, 11) is 3.37. The molecule has 0 bridgehead atoms. The third kappa shape index (κ3) is 2.93. The number of aromatic nitrogens is 4. The minimum atomic E-state index is -0.102. The molecule has 0 aliphatic rings. The molecule has 1 amide bonds. The van der Waals surface area contributed by atoms with Crippen molar-refractivity contribution in [3.05, 3.63) is 36.2 Å². The number of hydrogen-bond acceptors (Lipinski definition) is 5. The maximum atomic E-state index is 12.2.